The van der Waals surface area contributed by atoms with E-state index in [2.05, 4.69) is 10.3 Å². The molecule has 2 aromatic rings. The first-order valence-corrected chi connectivity index (χ1v) is 8.09. The van der Waals surface area contributed by atoms with Gasteiger partial charge in [0.1, 0.15) is 0 Å². The zero-order valence-corrected chi connectivity index (χ0v) is 12.0. The van der Waals surface area contributed by atoms with Crippen molar-refractivity contribution < 1.29 is 4.21 Å². The van der Waals surface area contributed by atoms with Gasteiger partial charge in [-0.15, -0.1) is 0 Å². The lowest BCUT2D eigenvalue weighted by Gasteiger charge is -2.10. The molecular formula is C11H13ClN2OS2. The van der Waals surface area contributed by atoms with E-state index < -0.39 is 10.8 Å². The highest BCUT2D eigenvalue weighted by molar-refractivity contribution is 7.84. The van der Waals surface area contributed by atoms with Crippen molar-refractivity contribution in [2.45, 2.75) is 13.0 Å². The number of aromatic nitrogens is 1. The second-order valence-corrected chi connectivity index (χ2v) is 6.86. The first-order chi connectivity index (χ1) is 8.04. The molecule has 1 aromatic carbocycles. The van der Waals surface area contributed by atoms with E-state index in [1.165, 1.54) is 0 Å². The van der Waals surface area contributed by atoms with Crippen molar-refractivity contribution in [3.8, 4) is 0 Å². The van der Waals surface area contributed by atoms with Crippen molar-refractivity contribution in [2.24, 2.45) is 0 Å². The average molecular weight is 289 g/mol. The quantitative estimate of drug-likeness (QED) is 0.940. The Bertz CT molecular complexity index is 555. The van der Waals surface area contributed by atoms with Gasteiger partial charge < -0.3 is 5.32 Å². The minimum atomic E-state index is -0.797. The highest BCUT2D eigenvalue weighted by Crippen LogP contribution is 2.28. The molecule has 0 radical (unpaired) electrons. The van der Waals surface area contributed by atoms with Crippen molar-refractivity contribution in [3.05, 3.63) is 23.2 Å². The molecule has 0 amide bonds. The third-order valence-corrected chi connectivity index (χ3v) is 4.36. The minimum Gasteiger partial charge on any atom is -0.358 e. The van der Waals surface area contributed by atoms with Gasteiger partial charge in [0.25, 0.3) is 0 Å². The molecule has 17 heavy (non-hydrogen) atoms. The second-order valence-electron chi connectivity index (χ2n) is 3.92. The first kappa shape index (κ1) is 12.8. The van der Waals surface area contributed by atoms with Crippen LogP contribution < -0.4 is 5.32 Å². The molecule has 0 bridgehead atoms. The number of nitrogens with one attached hydrogen (secondary N) is 1. The number of rotatable bonds is 4. The number of fused-ring (bicyclic) bond motifs is 1. The summed E-state index contributed by atoms with van der Waals surface area (Å²) in [6.07, 6.45) is 1.70. The van der Waals surface area contributed by atoms with Crippen LogP contribution in [0.2, 0.25) is 5.02 Å². The van der Waals surface area contributed by atoms with Crippen molar-refractivity contribution in [2.75, 3.05) is 17.3 Å². The van der Waals surface area contributed by atoms with Gasteiger partial charge in [0.2, 0.25) is 0 Å². The molecule has 0 aliphatic rings. The molecule has 1 N–H and O–H groups in total. The largest absolute Gasteiger partial charge is 0.358 e. The lowest BCUT2D eigenvalue weighted by atomic mass is 10.3. The zero-order valence-electron chi connectivity index (χ0n) is 9.57. The summed E-state index contributed by atoms with van der Waals surface area (Å²) in [5.41, 5.74) is 0.937. The van der Waals surface area contributed by atoms with E-state index in [1.807, 2.05) is 25.1 Å². The van der Waals surface area contributed by atoms with Gasteiger partial charge in [-0.1, -0.05) is 22.9 Å². The van der Waals surface area contributed by atoms with E-state index >= 15 is 0 Å². The SMILES string of the molecule is CC(CS(C)=O)Nc1nc2ccc(Cl)cc2s1. The van der Waals surface area contributed by atoms with Gasteiger partial charge in [-0.2, -0.15) is 0 Å². The topological polar surface area (TPSA) is 42.0 Å². The standard InChI is InChI=1S/C11H13ClN2OS2/c1-7(6-17(2)15)13-11-14-9-4-3-8(12)5-10(9)16-11/h3-5,7H,6H2,1-2H3,(H,13,14). The van der Waals surface area contributed by atoms with E-state index in [1.54, 1.807) is 17.6 Å². The monoisotopic (exact) mass is 288 g/mol. The fraction of sp³-hybridized carbons (Fsp3) is 0.364. The van der Waals surface area contributed by atoms with Crippen LogP contribution in [0.1, 0.15) is 6.92 Å². The van der Waals surface area contributed by atoms with E-state index in [0.717, 1.165) is 20.4 Å². The minimum absolute atomic E-state index is 0.150. The van der Waals surface area contributed by atoms with Crippen LogP contribution in [0.4, 0.5) is 5.13 Å². The lowest BCUT2D eigenvalue weighted by molar-refractivity contribution is 0.683. The van der Waals surface area contributed by atoms with Gasteiger partial charge in [0, 0.05) is 33.9 Å². The maximum atomic E-state index is 11.1. The van der Waals surface area contributed by atoms with Crippen LogP contribution in [0.3, 0.4) is 0 Å². The summed E-state index contributed by atoms with van der Waals surface area (Å²) >= 11 is 7.48. The Morgan fingerprint density at radius 3 is 3.06 bits per heavy atom. The molecule has 1 heterocycles. The number of nitrogens with zero attached hydrogens (tertiary/aromatic N) is 1. The van der Waals surface area contributed by atoms with Gasteiger partial charge in [-0.05, 0) is 25.1 Å². The Morgan fingerprint density at radius 1 is 1.59 bits per heavy atom. The van der Waals surface area contributed by atoms with E-state index in [-0.39, 0.29) is 6.04 Å². The predicted molar refractivity (Wildman–Crippen MR) is 76.6 cm³/mol. The molecule has 2 unspecified atom stereocenters. The maximum absolute atomic E-state index is 11.1. The average Bonchev–Trinajstić information content (AvgIpc) is 2.57. The van der Waals surface area contributed by atoms with Crippen molar-refractivity contribution >= 4 is 49.1 Å². The molecule has 2 atom stereocenters. The molecule has 0 aliphatic heterocycles. The molecule has 3 nitrogen and oxygen atoms in total. The molecule has 0 saturated carbocycles. The van der Waals surface area contributed by atoms with Crippen LogP contribution in [0.25, 0.3) is 10.2 Å². The Morgan fingerprint density at radius 2 is 2.35 bits per heavy atom. The molecule has 0 spiro atoms. The van der Waals surface area contributed by atoms with Crippen molar-refractivity contribution in [1.29, 1.82) is 0 Å². The molecule has 0 saturated heterocycles. The van der Waals surface area contributed by atoms with E-state index in [9.17, 15) is 4.21 Å². The molecule has 6 heteroatoms. The molecule has 2 rings (SSSR count). The fourth-order valence-corrected chi connectivity index (χ4v) is 3.61. The van der Waals surface area contributed by atoms with Gasteiger partial charge in [0.15, 0.2) is 5.13 Å². The van der Waals surface area contributed by atoms with Crippen LogP contribution in [0, 0.1) is 0 Å². The van der Waals surface area contributed by atoms with Gasteiger partial charge >= 0.3 is 0 Å². The number of hydrogen-bond donors (Lipinski definition) is 1. The summed E-state index contributed by atoms with van der Waals surface area (Å²) in [5, 5.41) is 4.82. The second kappa shape index (κ2) is 5.33. The van der Waals surface area contributed by atoms with Crippen molar-refractivity contribution in [3.63, 3.8) is 0 Å². The molecule has 0 aliphatic carbocycles. The number of anilines is 1. The van der Waals surface area contributed by atoms with Crippen LogP contribution in [0.15, 0.2) is 18.2 Å². The number of halogens is 1. The lowest BCUT2D eigenvalue weighted by Crippen LogP contribution is -2.21. The van der Waals surface area contributed by atoms with Crippen LogP contribution in [-0.4, -0.2) is 27.2 Å². The molecule has 0 fully saturated rings. The first-order valence-electron chi connectivity index (χ1n) is 5.17. The summed E-state index contributed by atoms with van der Waals surface area (Å²) in [6.45, 7) is 2.00. The Balaban J connectivity index is 2.16. The predicted octanol–water partition coefficient (Wildman–Crippen LogP) is 3.13. The van der Waals surface area contributed by atoms with Crippen LogP contribution in [-0.2, 0) is 10.8 Å². The molecule has 1 aromatic heterocycles. The highest BCUT2D eigenvalue weighted by atomic mass is 35.5. The maximum Gasteiger partial charge on any atom is 0.184 e. The summed E-state index contributed by atoms with van der Waals surface area (Å²) in [5.74, 6) is 0.622. The zero-order chi connectivity index (χ0) is 12.4. The summed E-state index contributed by atoms with van der Waals surface area (Å²) in [4.78, 5) is 4.45. The Labute approximate surface area is 112 Å². The van der Waals surface area contributed by atoms with E-state index in [4.69, 9.17) is 11.6 Å². The van der Waals surface area contributed by atoms with Gasteiger partial charge in [-0.3, -0.25) is 4.21 Å². The summed E-state index contributed by atoms with van der Waals surface area (Å²) in [7, 11) is -0.797. The van der Waals surface area contributed by atoms with Gasteiger partial charge in [-0.25, -0.2) is 4.98 Å². The summed E-state index contributed by atoms with van der Waals surface area (Å²) < 4.78 is 12.2. The number of benzene rings is 1. The third kappa shape index (κ3) is 3.40. The van der Waals surface area contributed by atoms with Gasteiger partial charge in [0.05, 0.1) is 10.2 Å². The van der Waals surface area contributed by atoms with E-state index in [0.29, 0.717) is 5.75 Å². The Hall–Kier alpha value is -0.650. The van der Waals surface area contributed by atoms with Crippen molar-refractivity contribution in [1.82, 2.24) is 4.98 Å². The fourth-order valence-electron chi connectivity index (χ4n) is 1.56. The number of hydrogen-bond acceptors (Lipinski definition) is 4. The summed E-state index contributed by atoms with van der Waals surface area (Å²) in [6, 6.07) is 5.79. The van der Waals surface area contributed by atoms with Crippen LogP contribution in [0.5, 0.6) is 0 Å². The molecular weight excluding hydrogens is 276 g/mol. The smallest absolute Gasteiger partial charge is 0.184 e. The normalized spacial score (nSPS) is 14.8. The molecule has 92 valence electrons. The third-order valence-electron chi connectivity index (χ3n) is 2.21. The number of thiazole rings is 1. The van der Waals surface area contributed by atoms with Crippen LogP contribution >= 0.6 is 22.9 Å². The highest BCUT2D eigenvalue weighted by Gasteiger charge is 2.08. The Kier molecular flexibility index (Phi) is 4.01.